The largest absolute Gasteiger partial charge is 0.385 e. The Kier molecular flexibility index (Phi) is 9.68. The van der Waals surface area contributed by atoms with E-state index >= 15 is 0 Å². The van der Waals surface area contributed by atoms with Crippen molar-refractivity contribution >= 4 is 35.8 Å². The van der Waals surface area contributed by atoms with Crippen LogP contribution in [0.5, 0.6) is 0 Å². The molecule has 2 fully saturated rings. The summed E-state index contributed by atoms with van der Waals surface area (Å²) in [6.45, 7) is 4.01. The molecule has 7 heteroatoms. The number of likely N-dealkylation sites (tertiary alicyclic amines) is 1. The summed E-state index contributed by atoms with van der Waals surface area (Å²) in [5, 5.41) is 6.95. The number of hydrogen-bond acceptors (Lipinski definition) is 3. The van der Waals surface area contributed by atoms with E-state index in [9.17, 15) is 4.79 Å². The molecule has 0 bridgehead atoms. The topological polar surface area (TPSA) is 66.0 Å². The number of carbonyl (C=O) groups is 1. The maximum absolute atomic E-state index is 12.0. The molecule has 1 saturated carbocycles. The molecule has 0 radical (unpaired) electrons. The van der Waals surface area contributed by atoms with Gasteiger partial charge in [0.05, 0.1) is 0 Å². The molecule has 1 aliphatic heterocycles. The summed E-state index contributed by atoms with van der Waals surface area (Å²) in [6, 6.07) is 8.34. The molecule has 1 saturated heterocycles. The predicted octanol–water partition coefficient (Wildman–Crippen LogP) is 3.30. The van der Waals surface area contributed by atoms with E-state index in [1.54, 1.807) is 7.11 Å². The fraction of sp³-hybridized carbons (Fsp3) is 0.636. The Morgan fingerprint density at radius 3 is 2.55 bits per heavy atom. The third-order valence-electron chi connectivity index (χ3n) is 6.20. The van der Waals surface area contributed by atoms with Crippen LogP contribution in [0.2, 0.25) is 0 Å². The zero-order valence-electron chi connectivity index (χ0n) is 17.7. The van der Waals surface area contributed by atoms with E-state index in [0.29, 0.717) is 24.9 Å². The zero-order valence-corrected chi connectivity index (χ0v) is 20.0. The molecule has 6 nitrogen and oxygen atoms in total. The molecule has 1 aromatic carbocycles. The molecule has 0 unspecified atom stereocenters. The van der Waals surface area contributed by atoms with Gasteiger partial charge in [0.2, 0.25) is 5.91 Å². The van der Waals surface area contributed by atoms with Crippen LogP contribution in [0.25, 0.3) is 0 Å². The van der Waals surface area contributed by atoms with Gasteiger partial charge in [0.1, 0.15) is 0 Å². The summed E-state index contributed by atoms with van der Waals surface area (Å²) in [7, 11) is 3.58. The number of benzene rings is 1. The molecule has 0 atom stereocenters. The quantitative estimate of drug-likeness (QED) is 0.302. The fourth-order valence-electron chi connectivity index (χ4n) is 4.14. The predicted molar refractivity (Wildman–Crippen MR) is 127 cm³/mol. The number of guanidine groups is 1. The van der Waals surface area contributed by atoms with Crippen molar-refractivity contribution in [3.8, 4) is 0 Å². The van der Waals surface area contributed by atoms with Crippen molar-refractivity contribution in [3.05, 3.63) is 35.4 Å². The van der Waals surface area contributed by atoms with Crippen LogP contribution in [0.4, 0.5) is 0 Å². The number of halogens is 1. The Bertz CT molecular complexity index is 691. The maximum Gasteiger partial charge on any atom is 0.222 e. The van der Waals surface area contributed by atoms with E-state index < -0.39 is 0 Å². The summed E-state index contributed by atoms with van der Waals surface area (Å²) in [6.07, 6.45) is 6.57. The standard InChI is InChI=1S/C22H34N4O2.HI/c1-23-21(25-17-22(10-6-11-22)12-14-28-2)24-15-18-7-3-4-8-19(18)16-26-13-5-9-20(26)27;/h3-4,7-8H,5-6,9-17H2,1-2H3,(H2,23,24,25);1H. The monoisotopic (exact) mass is 514 g/mol. The number of carbonyl (C=O) groups excluding carboxylic acids is 1. The number of methoxy groups -OCH3 is 1. The molecule has 0 aromatic heterocycles. The van der Waals surface area contributed by atoms with Crippen LogP contribution < -0.4 is 10.6 Å². The van der Waals surface area contributed by atoms with E-state index in [0.717, 1.165) is 38.5 Å². The second-order valence-electron chi connectivity index (χ2n) is 8.06. The smallest absolute Gasteiger partial charge is 0.222 e. The van der Waals surface area contributed by atoms with Crippen LogP contribution in [-0.4, -0.2) is 50.6 Å². The lowest BCUT2D eigenvalue weighted by Crippen LogP contribution is -2.46. The summed E-state index contributed by atoms with van der Waals surface area (Å²) in [5.74, 6) is 1.10. The molecule has 1 heterocycles. The summed E-state index contributed by atoms with van der Waals surface area (Å²) in [5.41, 5.74) is 2.76. The molecule has 1 aromatic rings. The van der Waals surface area contributed by atoms with Gasteiger partial charge in [-0.1, -0.05) is 30.7 Å². The van der Waals surface area contributed by atoms with E-state index in [1.165, 1.54) is 30.4 Å². The average molecular weight is 514 g/mol. The molecule has 2 N–H and O–H groups in total. The second-order valence-corrected chi connectivity index (χ2v) is 8.06. The third-order valence-corrected chi connectivity index (χ3v) is 6.20. The Labute approximate surface area is 191 Å². The Balaban J connectivity index is 0.00000300. The first kappa shape index (κ1) is 23.9. The van der Waals surface area contributed by atoms with Gasteiger partial charge in [-0.25, -0.2) is 0 Å². The van der Waals surface area contributed by atoms with Gasteiger partial charge < -0.3 is 20.3 Å². The number of ether oxygens (including phenoxy) is 1. The van der Waals surface area contributed by atoms with Crippen LogP contribution in [-0.2, 0) is 22.6 Å². The fourth-order valence-corrected chi connectivity index (χ4v) is 4.14. The molecule has 3 rings (SSSR count). The third kappa shape index (κ3) is 6.57. The first-order valence-electron chi connectivity index (χ1n) is 10.4. The highest BCUT2D eigenvalue weighted by Gasteiger charge is 2.36. The van der Waals surface area contributed by atoms with Gasteiger partial charge in [0.25, 0.3) is 0 Å². The van der Waals surface area contributed by atoms with Crippen molar-refractivity contribution in [1.29, 1.82) is 0 Å². The first-order valence-corrected chi connectivity index (χ1v) is 10.4. The number of nitrogens with one attached hydrogen (secondary N) is 2. The Morgan fingerprint density at radius 1 is 1.21 bits per heavy atom. The number of rotatable bonds is 9. The lowest BCUT2D eigenvalue weighted by Gasteiger charge is -2.42. The molecule has 162 valence electrons. The van der Waals surface area contributed by atoms with Gasteiger partial charge in [-0.2, -0.15) is 0 Å². The lowest BCUT2D eigenvalue weighted by molar-refractivity contribution is -0.128. The number of nitrogens with zero attached hydrogens (tertiary/aromatic N) is 2. The average Bonchev–Trinajstić information content (AvgIpc) is 3.08. The zero-order chi connectivity index (χ0) is 19.8. The molecular formula is C22H35IN4O2. The van der Waals surface area contributed by atoms with Crippen LogP contribution in [0.3, 0.4) is 0 Å². The molecule has 0 spiro atoms. The summed E-state index contributed by atoms with van der Waals surface area (Å²) in [4.78, 5) is 18.3. The molecule has 1 amide bonds. The van der Waals surface area contributed by atoms with E-state index in [-0.39, 0.29) is 29.9 Å². The molecule has 2 aliphatic rings. The minimum Gasteiger partial charge on any atom is -0.385 e. The van der Waals surface area contributed by atoms with Crippen molar-refractivity contribution in [2.75, 3.05) is 33.9 Å². The van der Waals surface area contributed by atoms with Gasteiger partial charge in [-0.15, -0.1) is 24.0 Å². The molecular weight excluding hydrogens is 479 g/mol. The van der Waals surface area contributed by atoms with Crippen LogP contribution in [0, 0.1) is 5.41 Å². The van der Waals surface area contributed by atoms with Crippen molar-refractivity contribution in [2.24, 2.45) is 10.4 Å². The van der Waals surface area contributed by atoms with Crippen molar-refractivity contribution < 1.29 is 9.53 Å². The van der Waals surface area contributed by atoms with E-state index in [2.05, 4.69) is 33.8 Å². The van der Waals surface area contributed by atoms with Gasteiger partial charge in [0, 0.05) is 53.4 Å². The Hall–Kier alpha value is -1.35. The molecule has 1 aliphatic carbocycles. The van der Waals surface area contributed by atoms with Crippen molar-refractivity contribution in [2.45, 2.75) is 51.6 Å². The minimum atomic E-state index is 0. The van der Waals surface area contributed by atoms with Crippen LogP contribution in [0.1, 0.15) is 49.7 Å². The second kappa shape index (κ2) is 11.7. The number of amides is 1. The highest BCUT2D eigenvalue weighted by atomic mass is 127. The van der Waals surface area contributed by atoms with Gasteiger partial charge >= 0.3 is 0 Å². The van der Waals surface area contributed by atoms with Gasteiger partial charge in [0.15, 0.2) is 5.96 Å². The summed E-state index contributed by atoms with van der Waals surface area (Å²) < 4.78 is 5.29. The van der Waals surface area contributed by atoms with Crippen LogP contribution >= 0.6 is 24.0 Å². The van der Waals surface area contributed by atoms with E-state index in [1.807, 2.05) is 18.0 Å². The van der Waals surface area contributed by atoms with Gasteiger partial charge in [-0.3, -0.25) is 9.79 Å². The van der Waals surface area contributed by atoms with Crippen molar-refractivity contribution in [1.82, 2.24) is 15.5 Å². The molecule has 29 heavy (non-hydrogen) atoms. The maximum atomic E-state index is 12.0. The summed E-state index contributed by atoms with van der Waals surface area (Å²) >= 11 is 0. The number of aliphatic imine (C=N–C) groups is 1. The SMILES string of the molecule is CN=C(NCc1ccccc1CN1CCCC1=O)NCC1(CCOC)CCC1.I. The van der Waals surface area contributed by atoms with E-state index in [4.69, 9.17) is 4.74 Å². The van der Waals surface area contributed by atoms with Crippen LogP contribution in [0.15, 0.2) is 29.3 Å². The Morgan fingerprint density at radius 2 is 1.97 bits per heavy atom. The number of hydrogen-bond donors (Lipinski definition) is 2. The van der Waals surface area contributed by atoms with Gasteiger partial charge in [-0.05, 0) is 42.2 Å². The highest BCUT2D eigenvalue weighted by molar-refractivity contribution is 14.0. The normalized spacial score (nSPS) is 18.2. The lowest BCUT2D eigenvalue weighted by atomic mass is 9.67. The minimum absolute atomic E-state index is 0. The van der Waals surface area contributed by atoms with Crippen molar-refractivity contribution in [3.63, 3.8) is 0 Å². The first-order chi connectivity index (χ1) is 13.7. The highest BCUT2D eigenvalue weighted by Crippen LogP contribution is 2.43.